The number of hydrogen-bond acceptors (Lipinski definition) is 2. The highest BCUT2D eigenvalue weighted by molar-refractivity contribution is 6.74. The number of carbonyl (C=O) groups excluding carboxylic acids is 1. The van der Waals surface area contributed by atoms with Crippen LogP contribution in [0.25, 0.3) is 10.9 Å². The number of nitrogens with zero attached hydrogens (tertiary/aromatic N) is 1. The minimum atomic E-state index is -1.93. The van der Waals surface area contributed by atoms with Gasteiger partial charge in [0.15, 0.2) is 6.29 Å². The predicted octanol–water partition coefficient (Wildman–Crippen LogP) is 5.09. The van der Waals surface area contributed by atoms with Crippen LogP contribution < -0.4 is 4.43 Å². The summed E-state index contributed by atoms with van der Waals surface area (Å²) in [5.41, 5.74) is 4.33. The zero-order chi connectivity index (χ0) is 17.0. The molecule has 0 unspecified atom stereocenters. The van der Waals surface area contributed by atoms with Crippen molar-refractivity contribution >= 4 is 25.5 Å². The summed E-state index contributed by atoms with van der Waals surface area (Å²) < 4.78 is 9.01. The second-order valence-corrected chi connectivity index (χ2v) is 12.9. The third-order valence-electron chi connectivity index (χ3n) is 5.60. The van der Waals surface area contributed by atoms with Gasteiger partial charge in [-0.2, -0.15) is 0 Å². The molecule has 0 aliphatic carbocycles. The fraction of sp³-hybridized carbons (Fsp3) is 0.526. The lowest BCUT2D eigenvalue weighted by atomic mass is 10.1. The lowest BCUT2D eigenvalue weighted by molar-refractivity contribution is 0.112. The van der Waals surface area contributed by atoms with Crippen molar-refractivity contribution in [2.45, 2.75) is 65.2 Å². The van der Waals surface area contributed by atoms with Crippen molar-refractivity contribution in [3.8, 4) is 5.75 Å². The fourth-order valence-corrected chi connectivity index (χ4v) is 4.26. The van der Waals surface area contributed by atoms with E-state index in [4.69, 9.17) is 4.43 Å². The molecule has 1 aromatic carbocycles. The molecule has 3 nitrogen and oxygen atoms in total. The van der Waals surface area contributed by atoms with Crippen molar-refractivity contribution in [3.05, 3.63) is 29.0 Å². The summed E-state index contributed by atoms with van der Waals surface area (Å²) in [5, 5.41) is 1.20. The normalized spacial score (nSPS) is 15.0. The minimum absolute atomic E-state index is 0.148. The third-order valence-corrected chi connectivity index (χ3v) is 9.93. The van der Waals surface area contributed by atoms with Gasteiger partial charge in [0.25, 0.3) is 8.32 Å². The van der Waals surface area contributed by atoms with Crippen LogP contribution in [0.4, 0.5) is 0 Å². The SMILES string of the molecule is Cc1ccc2c(C=O)c3n(c2c1O[Si](C)(C)C(C)(C)C)CCC3. The lowest BCUT2D eigenvalue weighted by Crippen LogP contribution is -2.44. The van der Waals surface area contributed by atoms with Gasteiger partial charge in [-0.05, 0) is 43.5 Å². The molecule has 0 fully saturated rings. The largest absolute Gasteiger partial charge is 0.542 e. The van der Waals surface area contributed by atoms with Crippen molar-refractivity contribution in [1.82, 2.24) is 4.57 Å². The van der Waals surface area contributed by atoms with Gasteiger partial charge < -0.3 is 8.99 Å². The van der Waals surface area contributed by atoms with Gasteiger partial charge in [-0.15, -0.1) is 0 Å². The van der Waals surface area contributed by atoms with Crippen LogP contribution in [-0.2, 0) is 13.0 Å². The first-order valence-electron chi connectivity index (χ1n) is 8.46. The minimum Gasteiger partial charge on any atom is -0.542 e. The monoisotopic (exact) mass is 329 g/mol. The van der Waals surface area contributed by atoms with Crippen LogP contribution in [0, 0.1) is 6.92 Å². The molecule has 1 aliphatic rings. The van der Waals surface area contributed by atoms with E-state index in [1.54, 1.807) is 0 Å². The van der Waals surface area contributed by atoms with Gasteiger partial charge >= 0.3 is 0 Å². The van der Waals surface area contributed by atoms with E-state index in [1.807, 2.05) is 0 Å². The molecule has 0 amide bonds. The molecule has 0 saturated heterocycles. The maximum Gasteiger partial charge on any atom is 0.250 e. The Morgan fingerprint density at radius 3 is 2.57 bits per heavy atom. The molecular formula is C19H27NO2Si. The molecule has 0 saturated carbocycles. The molecule has 0 radical (unpaired) electrons. The summed E-state index contributed by atoms with van der Waals surface area (Å²) in [4.78, 5) is 11.6. The Labute approximate surface area is 139 Å². The van der Waals surface area contributed by atoms with E-state index in [0.717, 1.165) is 53.5 Å². The van der Waals surface area contributed by atoms with Crippen molar-refractivity contribution in [2.24, 2.45) is 0 Å². The smallest absolute Gasteiger partial charge is 0.250 e. The van der Waals surface area contributed by atoms with Crippen LogP contribution in [0.1, 0.15) is 48.8 Å². The summed E-state index contributed by atoms with van der Waals surface area (Å²) in [6, 6.07) is 4.17. The van der Waals surface area contributed by atoms with Gasteiger partial charge in [0.1, 0.15) is 5.75 Å². The molecule has 124 valence electrons. The van der Waals surface area contributed by atoms with E-state index in [1.165, 1.54) is 5.69 Å². The van der Waals surface area contributed by atoms with Crippen LogP contribution >= 0.6 is 0 Å². The molecule has 0 N–H and O–H groups in total. The number of hydrogen-bond donors (Lipinski definition) is 0. The van der Waals surface area contributed by atoms with Crippen molar-refractivity contribution < 1.29 is 9.22 Å². The number of fused-ring (bicyclic) bond motifs is 3. The van der Waals surface area contributed by atoms with Gasteiger partial charge in [0.05, 0.1) is 5.52 Å². The topological polar surface area (TPSA) is 31.2 Å². The Morgan fingerprint density at radius 1 is 1.26 bits per heavy atom. The Kier molecular flexibility index (Phi) is 3.71. The summed E-state index contributed by atoms with van der Waals surface area (Å²) in [7, 11) is -1.93. The summed E-state index contributed by atoms with van der Waals surface area (Å²) in [5.74, 6) is 0.991. The number of rotatable bonds is 3. The van der Waals surface area contributed by atoms with E-state index in [0.29, 0.717) is 0 Å². The Balaban J connectivity index is 2.25. The Hall–Kier alpha value is -1.55. The van der Waals surface area contributed by atoms with Gasteiger partial charge in [0.2, 0.25) is 0 Å². The maximum atomic E-state index is 11.6. The highest BCUT2D eigenvalue weighted by atomic mass is 28.4. The molecular weight excluding hydrogens is 302 g/mol. The van der Waals surface area contributed by atoms with Crippen LogP contribution in [0.2, 0.25) is 18.1 Å². The van der Waals surface area contributed by atoms with Crippen LogP contribution in [0.3, 0.4) is 0 Å². The number of aromatic nitrogens is 1. The first-order chi connectivity index (χ1) is 10.7. The van der Waals surface area contributed by atoms with E-state index in [-0.39, 0.29) is 5.04 Å². The molecule has 0 atom stereocenters. The molecule has 0 spiro atoms. The zero-order valence-corrected chi connectivity index (χ0v) is 16.1. The first-order valence-corrected chi connectivity index (χ1v) is 11.4. The van der Waals surface area contributed by atoms with E-state index in [9.17, 15) is 4.79 Å². The van der Waals surface area contributed by atoms with Crippen molar-refractivity contribution in [1.29, 1.82) is 0 Å². The summed E-state index contributed by atoms with van der Waals surface area (Å²) in [6.07, 6.45) is 3.12. The van der Waals surface area contributed by atoms with Crippen molar-refractivity contribution in [2.75, 3.05) is 0 Å². The maximum absolute atomic E-state index is 11.6. The van der Waals surface area contributed by atoms with Crippen LogP contribution in [0.5, 0.6) is 5.75 Å². The summed E-state index contributed by atoms with van der Waals surface area (Å²) in [6.45, 7) is 14.4. The molecule has 2 heterocycles. The molecule has 0 bridgehead atoms. The quantitative estimate of drug-likeness (QED) is 0.580. The fourth-order valence-electron chi connectivity index (χ4n) is 3.18. The van der Waals surface area contributed by atoms with E-state index >= 15 is 0 Å². The Morgan fingerprint density at radius 2 is 1.96 bits per heavy atom. The summed E-state index contributed by atoms with van der Waals surface area (Å²) >= 11 is 0. The molecule has 1 aliphatic heterocycles. The third kappa shape index (κ3) is 2.44. The molecule has 3 rings (SSSR count). The highest BCUT2D eigenvalue weighted by Crippen LogP contribution is 2.43. The standard InChI is InChI=1S/C19H27NO2Si/c1-13-9-10-14-15(12-21)16-8-7-11-20(16)17(14)18(13)22-23(5,6)19(2,3)4/h9-10,12H,7-8,11H2,1-6H3. The molecule has 2 aromatic rings. The van der Waals surface area contributed by atoms with E-state index < -0.39 is 8.32 Å². The predicted molar refractivity (Wildman–Crippen MR) is 98.2 cm³/mol. The second kappa shape index (κ2) is 5.23. The average Bonchev–Trinajstić information content (AvgIpc) is 3.00. The number of aldehydes is 1. The number of aryl methyl sites for hydroxylation is 2. The molecule has 23 heavy (non-hydrogen) atoms. The lowest BCUT2D eigenvalue weighted by Gasteiger charge is -2.37. The van der Waals surface area contributed by atoms with Gasteiger partial charge in [-0.1, -0.05) is 32.9 Å². The average molecular weight is 330 g/mol. The van der Waals surface area contributed by atoms with Gasteiger partial charge in [0, 0.05) is 23.2 Å². The van der Waals surface area contributed by atoms with E-state index in [2.05, 4.69) is 57.5 Å². The van der Waals surface area contributed by atoms with Gasteiger partial charge in [-0.3, -0.25) is 4.79 Å². The number of benzene rings is 1. The molecule has 1 aromatic heterocycles. The Bertz CT molecular complexity index is 781. The second-order valence-electron chi connectivity index (χ2n) is 8.20. The highest BCUT2D eigenvalue weighted by Gasteiger charge is 2.40. The van der Waals surface area contributed by atoms with Crippen LogP contribution in [0.15, 0.2) is 12.1 Å². The number of carbonyl (C=O) groups is 1. The van der Waals surface area contributed by atoms with Gasteiger partial charge in [-0.25, -0.2) is 0 Å². The molecule has 4 heteroatoms. The zero-order valence-electron chi connectivity index (χ0n) is 15.1. The van der Waals surface area contributed by atoms with Crippen LogP contribution in [-0.4, -0.2) is 19.2 Å². The van der Waals surface area contributed by atoms with Crippen molar-refractivity contribution in [3.63, 3.8) is 0 Å². The first kappa shape index (κ1) is 16.3.